The molecule has 0 bridgehead atoms. The number of nitrogens with one attached hydrogen (secondary N) is 2. The van der Waals surface area contributed by atoms with Gasteiger partial charge in [0.2, 0.25) is 5.91 Å². The molecule has 8 nitrogen and oxygen atoms in total. The van der Waals surface area contributed by atoms with Crippen LogP contribution in [0.25, 0.3) is 0 Å². The van der Waals surface area contributed by atoms with Crippen molar-refractivity contribution in [2.45, 2.75) is 39.8 Å². The zero-order chi connectivity index (χ0) is 26.6. The highest BCUT2D eigenvalue weighted by molar-refractivity contribution is 6.28. The van der Waals surface area contributed by atoms with E-state index < -0.39 is 23.7 Å². The number of nitrogens with zero attached hydrogens (tertiary/aromatic N) is 3. The maximum Gasteiger partial charge on any atom is 0.270 e. The lowest BCUT2D eigenvalue weighted by molar-refractivity contribution is -0.127. The minimum absolute atomic E-state index is 0. The molecule has 0 radical (unpaired) electrons. The van der Waals surface area contributed by atoms with Crippen molar-refractivity contribution >= 4 is 28.9 Å². The molecule has 0 saturated heterocycles. The average molecular weight is 502 g/mol. The van der Waals surface area contributed by atoms with Crippen LogP contribution < -0.4 is 20.4 Å². The zero-order valence-corrected chi connectivity index (χ0v) is 21.2. The van der Waals surface area contributed by atoms with Crippen molar-refractivity contribution in [1.29, 1.82) is 0 Å². The number of halogens is 2. The number of rotatable bonds is 6. The van der Waals surface area contributed by atoms with Crippen LogP contribution in [0.3, 0.4) is 0 Å². The van der Waals surface area contributed by atoms with Gasteiger partial charge in [-0.1, -0.05) is 26.0 Å². The standard InChI is InChI=1S/C24H25F2N5O3.C2H6.H2/c1-14-20(22(32)28-16-7-5-6-15(12-16)24(2,25)26)23(33)31(29-14)17-8-9-19(34-4)18(13-17)21-27-10-11-30(21)3;1-2;/h5-13,20-21,27H,1-4H3,(H,28,32);1-2H3;1H. The van der Waals surface area contributed by atoms with Gasteiger partial charge in [0.05, 0.1) is 18.5 Å². The molecule has 2 N–H and O–H groups in total. The number of methoxy groups -OCH3 is 1. The van der Waals surface area contributed by atoms with Gasteiger partial charge in [-0.15, -0.1) is 0 Å². The van der Waals surface area contributed by atoms with E-state index in [1.165, 1.54) is 29.3 Å². The van der Waals surface area contributed by atoms with Crippen LogP contribution in [0.15, 0.2) is 60.0 Å². The number of ether oxygens (including phenoxy) is 1. The average Bonchev–Trinajstić information content (AvgIpc) is 3.41. The fourth-order valence-corrected chi connectivity index (χ4v) is 3.97. The van der Waals surface area contributed by atoms with Crippen molar-refractivity contribution in [2.75, 3.05) is 24.5 Å². The topological polar surface area (TPSA) is 86.3 Å². The van der Waals surface area contributed by atoms with Crippen molar-refractivity contribution < 1.29 is 24.5 Å². The van der Waals surface area contributed by atoms with E-state index in [0.29, 0.717) is 17.1 Å². The number of alkyl halides is 2. The number of hydrogen-bond donors (Lipinski definition) is 2. The van der Waals surface area contributed by atoms with Crippen LogP contribution in [-0.4, -0.2) is 36.6 Å². The predicted molar refractivity (Wildman–Crippen MR) is 138 cm³/mol. The first-order valence-corrected chi connectivity index (χ1v) is 11.6. The molecule has 10 heteroatoms. The second kappa shape index (κ2) is 10.8. The van der Waals surface area contributed by atoms with Crippen molar-refractivity contribution in [3.63, 3.8) is 0 Å². The fourth-order valence-electron chi connectivity index (χ4n) is 3.97. The molecule has 2 aromatic rings. The number of carbonyl (C=O) groups excluding carboxylic acids is 2. The second-order valence-corrected chi connectivity index (χ2v) is 8.26. The van der Waals surface area contributed by atoms with Gasteiger partial charge in [-0.3, -0.25) is 9.59 Å². The minimum Gasteiger partial charge on any atom is -0.496 e. The zero-order valence-electron chi connectivity index (χ0n) is 21.2. The van der Waals surface area contributed by atoms with E-state index in [1.807, 2.05) is 38.2 Å². The monoisotopic (exact) mass is 501 g/mol. The number of hydrazone groups is 1. The Bertz CT molecular complexity index is 1200. The highest BCUT2D eigenvalue weighted by Gasteiger charge is 2.40. The summed E-state index contributed by atoms with van der Waals surface area (Å²) in [5, 5.41) is 11.3. The van der Waals surface area contributed by atoms with Crippen molar-refractivity contribution in [3.05, 3.63) is 66.0 Å². The number of anilines is 2. The third-order valence-electron chi connectivity index (χ3n) is 5.75. The number of carbonyl (C=O) groups is 2. The van der Waals surface area contributed by atoms with E-state index in [4.69, 9.17) is 4.74 Å². The lowest BCUT2D eigenvalue weighted by Gasteiger charge is -2.25. The van der Waals surface area contributed by atoms with E-state index in [9.17, 15) is 18.4 Å². The van der Waals surface area contributed by atoms with Gasteiger partial charge < -0.3 is 20.3 Å². The molecule has 2 atom stereocenters. The summed E-state index contributed by atoms with van der Waals surface area (Å²) < 4.78 is 32.8. The Kier molecular flexibility index (Phi) is 7.96. The molecular weight excluding hydrogens is 468 g/mol. The largest absolute Gasteiger partial charge is 0.496 e. The Morgan fingerprint density at radius 1 is 1.22 bits per heavy atom. The van der Waals surface area contributed by atoms with Crippen molar-refractivity contribution in [3.8, 4) is 5.75 Å². The van der Waals surface area contributed by atoms with Crippen LogP contribution in [0.5, 0.6) is 5.75 Å². The molecule has 0 spiro atoms. The molecule has 2 heterocycles. The normalized spacial score (nSPS) is 18.9. The molecule has 0 fully saturated rings. The molecular formula is C26H33F2N5O3. The first-order chi connectivity index (χ1) is 17.1. The molecule has 4 rings (SSSR count). The predicted octanol–water partition coefficient (Wildman–Crippen LogP) is 5.06. The maximum atomic E-state index is 13.6. The van der Waals surface area contributed by atoms with Gasteiger partial charge in [-0.2, -0.15) is 10.1 Å². The highest BCUT2D eigenvalue weighted by Crippen LogP contribution is 2.35. The molecule has 36 heavy (non-hydrogen) atoms. The lowest BCUT2D eigenvalue weighted by atomic mass is 10.0. The number of benzene rings is 2. The van der Waals surface area contributed by atoms with Crippen LogP contribution in [-0.2, 0) is 15.5 Å². The van der Waals surface area contributed by atoms with Crippen LogP contribution >= 0.6 is 0 Å². The summed E-state index contributed by atoms with van der Waals surface area (Å²) in [4.78, 5) is 28.1. The Morgan fingerprint density at radius 2 is 1.94 bits per heavy atom. The van der Waals surface area contributed by atoms with Crippen molar-refractivity contribution in [1.82, 2.24) is 10.2 Å². The van der Waals surface area contributed by atoms with E-state index in [0.717, 1.165) is 12.5 Å². The van der Waals surface area contributed by atoms with Crippen molar-refractivity contribution in [2.24, 2.45) is 11.0 Å². The summed E-state index contributed by atoms with van der Waals surface area (Å²) in [6, 6.07) is 10.6. The molecule has 2 aromatic carbocycles. The fraction of sp³-hybridized carbons (Fsp3) is 0.346. The van der Waals surface area contributed by atoms with E-state index in [-0.39, 0.29) is 18.8 Å². The van der Waals surface area contributed by atoms with Crippen LogP contribution in [0, 0.1) is 5.92 Å². The molecule has 0 saturated carbocycles. The van der Waals surface area contributed by atoms with Gasteiger partial charge >= 0.3 is 0 Å². The van der Waals surface area contributed by atoms with Gasteiger partial charge in [-0.25, -0.2) is 8.78 Å². The molecule has 0 aliphatic carbocycles. The number of hydrogen-bond acceptors (Lipinski definition) is 6. The molecule has 194 valence electrons. The van der Waals surface area contributed by atoms with Crippen LogP contribution in [0.2, 0.25) is 0 Å². The van der Waals surface area contributed by atoms with Gasteiger partial charge in [0.1, 0.15) is 11.9 Å². The third-order valence-corrected chi connectivity index (χ3v) is 5.75. The molecule has 0 aromatic heterocycles. The Balaban J connectivity index is 0.00000157. The second-order valence-electron chi connectivity index (χ2n) is 8.26. The molecule has 2 aliphatic heterocycles. The maximum absolute atomic E-state index is 13.6. The van der Waals surface area contributed by atoms with Gasteiger partial charge in [0, 0.05) is 44.6 Å². The SMILES string of the molecule is CC.COc1ccc(N2N=C(C)C(C(=O)Nc3cccc(C(C)(F)F)c3)C2=O)cc1C1NC=CN1C.[HH]. The van der Waals surface area contributed by atoms with E-state index in [1.54, 1.807) is 32.2 Å². The molecule has 2 unspecified atom stereocenters. The summed E-state index contributed by atoms with van der Waals surface area (Å²) >= 11 is 0. The summed E-state index contributed by atoms with van der Waals surface area (Å²) in [7, 11) is 3.47. The Labute approximate surface area is 211 Å². The van der Waals surface area contributed by atoms with E-state index in [2.05, 4.69) is 15.7 Å². The molecule has 2 aliphatic rings. The summed E-state index contributed by atoms with van der Waals surface area (Å²) in [6.07, 6.45) is 3.49. The third kappa shape index (κ3) is 5.32. The smallest absolute Gasteiger partial charge is 0.270 e. The quantitative estimate of drug-likeness (QED) is 0.541. The van der Waals surface area contributed by atoms with Gasteiger partial charge in [0.15, 0.2) is 5.92 Å². The minimum atomic E-state index is -3.05. The molecule has 2 amide bonds. The Hall–Kier alpha value is -3.95. The Morgan fingerprint density at radius 3 is 2.56 bits per heavy atom. The van der Waals surface area contributed by atoms with Crippen LogP contribution in [0.4, 0.5) is 20.2 Å². The first-order valence-electron chi connectivity index (χ1n) is 11.6. The summed E-state index contributed by atoms with van der Waals surface area (Å²) in [5.41, 5.74) is 1.51. The van der Waals surface area contributed by atoms with E-state index >= 15 is 0 Å². The summed E-state index contributed by atoms with van der Waals surface area (Å²) in [6.45, 7) is 6.36. The van der Waals surface area contributed by atoms with Crippen LogP contribution in [0.1, 0.15) is 46.4 Å². The number of amides is 2. The summed E-state index contributed by atoms with van der Waals surface area (Å²) in [5.74, 6) is -4.77. The van der Waals surface area contributed by atoms with Gasteiger partial charge in [-0.05, 0) is 37.3 Å². The highest BCUT2D eigenvalue weighted by atomic mass is 19.3. The van der Waals surface area contributed by atoms with Gasteiger partial charge in [0.25, 0.3) is 11.8 Å². The first kappa shape index (κ1) is 26.7. The lowest BCUT2D eigenvalue weighted by Crippen LogP contribution is -2.36.